The Hall–Kier alpha value is -2.96. The van der Waals surface area contributed by atoms with Crippen LogP contribution in [0.4, 0.5) is 0 Å². The van der Waals surface area contributed by atoms with Gasteiger partial charge in [0.1, 0.15) is 12.4 Å². The average molecular weight is 536 g/mol. The van der Waals surface area contributed by atoms with Crippen LogP contribution in [0.5, 0.6) is 5.75 Å². The van der Waals surface area contributed by atoms with E-state index < -0.39 is 0 Å². The summed E-state index contributed by atoms with van der Waals surface area (Å²) in [5.74, 6) is 1.01. The second-order valence-corrected chi connectivity index (χ2v) is 9.64. The highest BCUT2D eigenvalue weighted by molar-refractivity contribution is 9.10. The summed E-state index contributed by atoms with van der Waals surface area (Å²) in [6.07, 6.45) is 1.81. The van der Waals surface area contributed by atoms with Crippen LogP contribution in [-0.2, 0) is 24.1 Å². The number of carbonyl (C=O) groups is 1. The second-order valence-electron chi connectivity index (χ2n) is 7.74. The fraction of sp³-hybridized carbons (Fsp3) is 0.179. The standard InChI is InChI=1S/C28H26BrNO3S/c1-4-19-11-13-20(14-12-19)17-33-26-15-22-24(16-23(26)29)30(3)25(27(22)28(31)32-5-2)18-34-21-9-7-6-8-10-21/h4,6-16H,1,5,17-18H2,2-3H3. The van der Waals surface area contributed by atoms with Crippen LogP contribution in [-0.4, -0.2) is 17.1 Å². The molecule has 0 bridgehead atoms. The zero-order valence-electron chi connectivity index (χ0n) is 19.2. The van der Waals surface area contributed by atoms with E-state index in [0.29, 0.717) is 30.3 Å². The Balaban J connectivity index is 1.69. The molecule has 174 valence electrons. The van der Waals surface area contributed by atoms with E-state index in [9.17, 15) is 4.79 Å². The Bertz CT molecular complexity index is 1310. The first kappa shape index (κ1) is 24.2. The number of halogens is 1. The van der Waals surface area contributed by atoms with Gasteiger partial charge in [0.15, 0.2) is 0 Å². The van der Waals surface area contributed by atoms with Crippen molar-refractivity contribution in [3.63, 3.8) is 0 Å². The zero-order valence-corrected chi connectivity index (χ0v) is 21.6. The van der Waals surface area contributed by atoms with Crippen molar-refractivity contribution in [3.8, 4) is 5.75 Å². The Morgan fingerprint density at radius 1 is 1.12 bits per heavy atom. The quantitative estimate of drug-likeness (QED) is 0.163. The van der Waals surface area contributed by atoms with Crippen molar-refractivity contribution >= 4 is 50.6 Å². The first-order chi connectivity index (χ1) is 16.5. The number of aromatic nitrogens is 1. The molecule has 1 heterocycles. The third-order valence-electron chi connectivity index (χ3n) is 5.58. The molecule has 0 unspecified atom stereocenters. The molecule has 0 fully saturated rings. The lowest BCUT2D eigenvalue weighted by atomic mass is 10.1. The third-order valence-corrected chi connectivity index (χ3v) is 7.23. The fourth-order valence-electron chi connectivity index (χ4n) is 3.78. The van der Waals surface area contributed by atoms with Crippen LogP contribution in [0.15, 0.2) is 82.7 Å². The van der Waals surface area contributed by atoms with Gasteiger partial charge in [0, 0.05) is 28.8 Å². The molecule has 0 aliphatic carbocycles. The molecule has 0 atom stereocenters. The molecule has 4 aromatic rings. The summed E-state index contributed by atoms with van der Waals surface area (Å²) in [6, 6.07) is 22.2. The first-order valence-corrected chi connectivity index (χ1v) is 12.8. The number of hydrogen-bond donors (Lipinski definition) is 0. The lowest BCUT2D eigenvalue weighted by molar-refractivity contribution is 0.0527. The maximum absolute atomic E-state index is 13.0. The topological polar surface area (TPSA) is 40.5 Å². The van der Waals surface area contributed by atoms with Crippen molar-refractivity contribution in [2.75, 3.05) is 6.61 Å². The Morgan fingerprint density at radius 2 is 1.85 bits per heavy atom. The Morgan fingerprint density at radius 3 is 2.53 bits per heavy atom. The van der Waals surface area contributed by atoms with Gasteiger partial charge in [-0.05, 0) is 58.2 Å². The summed E-state index contributed by atoms with van der Waals surface area (Å²) in [4.78, 5) is 14.2. The summed E-state index contributed by atoms with van der Waals surface area (Å²) in [7, 11) is 1.99. The first-order valence-electron chi connectivity index (χ1n) is 11.0. The molecule has 0 radical (unpaired) electrons. The zero-order chi connectivity index (χ0) is 24.1. The van der Waals surface area contributed by atoms with Crippen LogP contribution in [0.25, 0.3) is 17.0 Å². The van der Waals surface area contributed by atoms with Crippen molar-refractivity contribution < 1.29 is 14.3 Å². The van der Waals surface area contributed by atoms with E-state index in [2.05, 4.69) is 39.2 Å². The fourth-order valence-corrected chi connectivity index (χ4v) is 5.22. The predicted octanol–water partition coefficient (Wildman–Crippen LogP) is 7.63. The van der Waals surface area contributed by atoms with Gasteiger partial charge >= 0.3 is 5.97 Å². The highest BCUT2D eigenvalue weighted by Crippen LogP contribution is 2.37. The number of benzene rings is 3. The van der Waals surface area contributed by atoms with Gasteiger partial charge in [-0.2, -0.15) is 0 Å². The van der Waals surface area contributed by atoms with Gasteiger partial charge in [-0.1, -0.05) is 55.1 Å². The lowest BCUT2D eigenvalue weighted by Crippen LogP contribution is -2.08. The maximum Gasteiger partial charge on any atom is 0.340 e. The van der Waals surface area contributed by atoms with Crippen molar-refractivity contribution in [1.82, 2.24) is 4.57 Å². The van der Waals surface area contributed by atoms with Crippen molar-refractivity contribution in [3.05, 3.63) is 100 Å². The van der Waals surface area contributed by atoms with Crippen LogP contribution < -0.4 is 4.74 Å². The molecule has 0 amide bonds. The van der Waals surface area contributed by atoms with Crippen LogP contribution in [0.2, 0.25) is 0 Å². The van der Waals surface area contributed by atoms with Crippen LogP contribution >= 0.6 is 27.7 Å². The molecule has 0 saturated carbocycles. The largest absolute Gasteiger partial charge is 0.488 e. The number of thioether (sulfide) groups is 1. The summed E-state index contributed by atoms with van der Waals surface area (Å²) in [5, 5.41) is 0.824. The molecular formula is C28H26BrNO3S. The van der Waals surface area contributed by atoms with E-state index in [1.807, 2.05) is 74.6 Å². The van der Waals surface area contributed by atoms with Gasteiger partial charge in [0.25, 0.3) is 0 Å². The molecule has 4 nitrogen and oxygen atoms in total. The number of nitrogens with zero attached hydrogens (tertiary/aromatic N) is 1. The van der Waals surface area contributed by atoms with E-state index in [1.165, 1.54) is 0 Å². The van der Waals surface area contributed by atoms with Crippen molar-refractivity contribution in [2.45, 2.75) is 24.2 Å². The number of esters is 1. The minimum Gasteiger partial charge on any atom is -0.488 e. The minimum absolute atomic E-state index is 0.315. The number of hydrogen-bond acceptors (Lipinski definition) is 4. The summed E-state index contributed by atoms with van der Waals surface area (Å²) in [5.41, 5.74) is 4.58. The molecule has 6 heteroatoms. The van der Waals surface area contributed by atoms with E-state index in [4.69, 9.17) is 9.47 Å². The Kier molecular flexibility index (Phi) is 7.80. The third kappa shape index (κ3) is 5.24. The number of aryl methyl sites for hydroxylation is 1. The minimum atomic E-state index is -0.315. The number of rotatable bonds is 9. The maximum atomic E-state index is 13.0. The average Bonchev–Trinajstić information content (AvgIpc) is 3.13. The normalized spacial score (nSPS) is 10.9. The highest BCUT2D eigenvalue weighted by atomic mass is 79.9. The van der Waals surface area contributed by atoms with Gasteiger partial charge in [-0.25, -0.2) is 4.79 Å². The summed E-state index contributed by atoms with van der Waals surface area (Å²) >= 11 is 5.35. The van der Waals surface area contributed by atoms with Gasteiger partial charge in [0.05, 0.1) is 22.2 Å². The van der Waals surface area contributed by atoms with Gasteiger partial charge < -0.3 is 14.0 Å². The van der Waals surface area contributed by atoms with E-state index in [1.54, 1.807) is 11.8 Å². The molecule has 34 heavy (non-hydrogen) atoms. The molecule has 0 spiro atoms. The molecule has 4 rings (SSSR count). The molecule has 0 aliphatic heterocycles. The smallest absolute Gasteiger partial charge is 0.340 e. The molecule has 3 aromatic carbocycles. The highest BCUT2D eigenvalue weighted by Gasteiger charge is 2.24. The van der Waals surface area contributed by atoms with Crippen LogP contribution in [0.1, 0.15) is 34.1 Å². The molecule has 0 saturated heterocycles. The lowest BCUT2D eigenvalue weighted by Gasteiger charge is -2.10. The van der Waals surface area contributed by atoms with Gasteiger partial charge in [0.2, 0.25) is 0 Å². The van der Waals surface area contributed by atoms with E-state index >= 15 is 0 Å². The number of carbonyl (C=O) groups excluding carboxylic acids is 1. The number of fused-ring (bicyclic) bond motifs is 1. The van der Waals surface area contributed by atoms with Crippen LogP contribution in [0, 0.1) is 0 Å². The predicted molar refractivity (Wildman–Crippen MR) is 143 cm³/mol. The van der Waals surface area contributed by atoms with Crippen molar-refractivity contribution in [2.24, 2.45) is 7.05 Å². The summed E-state index contributed by atoms with van der Waals surface area (Å²) in [6.45, 7) is 6.35. The van der Waals surface area contributed by atoms with Crippen molar-refractivity contribution in [1.29, 1.82) is 0 Å². The summed E-state index contributed by atoms with van der Waals surface area (Å²) < 4.78 is 14.5. The molecular weight excluding hydrogens is 510 g/mol. The van der Waals surface area contributed by atoms with E-state index in [-0.39, 0.29) is 5.97 Å². The SMILES string of the molecule is C=Cc1ccc(COc2cc3c(C(=O)OCC)c(CSc4ccccc4)n(C)c3cc2Br)cc1. The monoisotopic (exact) mass is 535 g/mol. The second kappa shape index (κ2) is 11.0. The number of ether oxygens (including phenoxy) is 2. The van der Waals surface area contributed by atoms with Gasteiger partial charge in [-0.15, -0.1) is 11.8 Å². The van der Waals surface area contributed by atoms with E-state index in [0.717, 1.165) is 37.1 Å². The molecule has 0 N–H and O–H groups in total. The Labute approximate surface area is 212 Å². The van der Waals surface area contributed by atoms with Gasteiger partial charge in [-0.3, -0.25) is 0 Å². The van der Waals surface area contributed by atoms with Crippen LogP contribution in [0.3, 0.4) is 0 Å². The molecule has 0 aliphatic rings. The molecule has 1 aromatic heterocycles.